The van der Waals surface area contributed by atoms with E-state index in [-0.39, 0.29) is 0 Å². The molecule has 294 valence electrons. The van der Waals surface area contributed by atoms with E-state index in [4.69, 9.17) is 28.8 Å². The van der Waals surface area contributed by atoms with E-state index in [1.54, 1.807) is 11.3 Å². The maximum atomic E-state index is 6.04. The van der Waals surface area contributed by atoms with E-state index in [0.717, 1.165) is 80.5 Å². The highest BCUT2D eigenvalue weighted by molar-refractivity contribution is 7.13. The van der Waals surface area contributed by atoms with Gasteiger partial charge < -0.3 is 24.4 Å². The van der Waals surface area contributed by atoms with Crippen LogP contribution in [0.1, 0.15) is 89.5 Å². The van der Waals surface area contributed by atoms with Crippen LogP contribution in [0.15, 0.2) is 114 Å². The Morgan fingerprint density at radius 3 is 2.12 bits per heavy atom. The Morgan fingerprint density at radius 1 is 0.707 bits per heavy atom. The van der Waals surface area contributed by atoms with Crippen molar-refractivity contribution in [2.75, 3.05) is 28.6 Å². The molecule has 58 heavy (non-hydrogen) atoms. The summed E-state index contributed by atoms with van der Waals surface area (Å²) in [6, 6.07) is 21.2. The number of hydrogen-bond donors (Lipinski definition) is 2. The van der Waals surface area contributed by atoms with Crippen molar-refractivity contribution in [2.45, 2.75) is 78.6 Å². The van der Waals surface area contributed by atoms with E-state index in [1.807, 2.05) is 56.1 Å². The maximum Gasteiger partial charge on any atom is 0.239 e. The molecular weight excluding hydrogens is 743 g/mol. The van der Waals surface area contributed by atoms with Crippen LogP contribution in [0.3, 0.4) is 0 Å². The van der Waals surface area contributed by atoms with Gasteiger partial charge in [-0.3, -0.25) is 0 Å². The Labute approximate surface area is 342 Å². The van der Waals surface area contributed by atoms with Gasteiger partial charge in [-0.1, -0.05) is 44.2 Å². The summed E-state index contributed by atoms with van der Waals surface area (Å²) >= 11 is 1.56. The van der Waals surface area contributed by atoms with Crippen LogP contribution in [-0.2, 0) is 6.42 Å². The average Bonchev–Trinajstić information content (AvgIpc) is 3.99. The van der Waals surface area contributed by atoms with Crippen LogP contribution in [0.2, 0.25) is 0 Å². The number of piperidine rings is 1. The number of nitrogens with zero attached hydrogens (tertiary/aromatic N) is 7. The molecule has 1 saturated heterocycles. The molecule has 2 N–H and O–H groups in total. The third-order valence-electron chi connectivity index (χ3n) is 11.5. The minimum atomic E-state index is 0.491. The third-order valence-corrected chi connectivity index (χ3v) is 12.4. The molecule has 0 spiro atoms. The summed E-state index contributed by atoms with van der Waals surface area (Å²) in [6.45, 7) is 8.04. The van der Waals surface area contributed by atoms with E-state index >= 15 is 0 Å². The number of aromatic nitrogens is 1. The number of anilines is 5. The van der Waals surface area contributed by atoms with E-state index < -0.39 is 0 Å². The van der Waals surface area contributed by atoms with E-state index in [9.17, 15) is 0 Å². The number of aliphatic imine (C=N–C) groups is 4. The van der Waals surface area contributed by atoms with Crippen LogP contribution >= 0.6 is 11.3 Å². The molecule has 2 aromatic carbocycles. The normalized spacial score (nSPS) is 18.1. The molecule has 0 atom stereocenters. The van der Waals surface area contributed by atoms with Crippen LogP contribution in [-0.4, -0.2) is 46.4 Å². The molecular formula is C46H47N9O2S. The van der Waals surface area contributed by atoms with Crippen LogP contribution in [0.25, 0.3) is 5.70 Å². The van der Waals surface area contributed by atoms with Crippen molar-refractivity contribution in [1.82, 2.24) is 9.88 Å². The molecule has 0 unspecified atom stereocenters. The number of aryl methyl sites for hydroxylation is 3. The fraction of sp³-hybridized carbons (Fsp3) is 0.326. The predicted molar refractivity (Wildman–Crippen MR) is 235 cm³/mol. The molecule has 0 amide bonds. The monoisotopic (exact) mass is 789 g/mol. The zero-order valence-electron chi connectivity index (χ0n) is 33.2. The van der Waals surface area contributed by atoms with E-state index in [2.05, 4.69) is 69.1 Å². The van der Waals surface area contributed by atoms with Gasteiger partial charge in [0.05, 0.1) is 28.5 Å². The minimum Gasteiger partial charge on any atom is -0.446 e. The largest absolute Gasteiger partial charge is 0.446 e. The number of rotatable bonds is 10. The lowest BCUT2D eigenvalue weighted by molar-refractivity contribution is 0.357. The second-order valence-electron chi connectivity index (χ2n) is 15.9. The summed E-state index contributed by atoms with van der Waals surface area (Å²) < 4.78 is 12.1. The van der Waals surface area contributed by atoms with Crippen LogP contribution in [0.4, 0.5) is 28.8 Å². The van der Waals surface area contributed by atoms with Crippen LogP contribution in [0.5, 0.6) is 0 Å². The summed E-state index contributed by atoms with van der Waals surface area (Å²) in [5.41, 5.74) is 8.63. The number of nitrogens with one attached hydrogen (secondary N) is 2. The maximum absolute atomic E-state index is 6.04. The molecule has 10 rings (SSSR count). The first-order valence-corrected chi connectivity index (χ1v) is 21.4. The quantitative estimate of drug-likeness (QED) is 0.145. The summed E-state index contributed by atoms with van der Waals surface area (Å²) in [7, 11) is 0. The van der Waals surface area contributed by atoms with Gasteiger partial charge in [0.15, 0.2) is 22.6 Å². The molecule has 12 heteroatoms. The summed E-state index contributed by atoms with van der Waals surface area (Å²) in [4.78, 5) is 30.6. The lowest BCUT2D eigenvalue weighted by Gasteiger charge is -2.33. The first-order chi connectivity index (χ1) is 28.4. The summed E-state index contributed by atoms with van der Waals surface area (Å²) in [6.07, 6.45) is 17.3. The zero-order chi connectivity index (χ0) is 39.2. The first kappa shape index (κ1) is 36.3. The van der Waals surface area contributed by atoms with Gasteiger partial charge in [0.1, 0.15) is 11.5 Å². The Morgan fingerprint density at radius 2 is 1.41 bits per heavy atom. The molecule has 3 aromatic heterocycles. The van der Waals surface area contributed by atoms with Gasteiger partial charge in [-0.2, -0.15) is 9.98 Å². The molecule has 0 bridgehead atoms. The molecule has 0 radical (unpaired) electrons. The highest BCUT2D eigenvalue weighted by Gasteiger charge is 2.35. The number of allylic oxidation sites excluding steroid dienone is 2. The third kappa shape index (κ3) is 7.44. The zero-order valence-corrected chi connectivity index (χ0v) is 34.0. The van der Waals surface area contributed by atoms with Gasteiger partial charge in [-0.05, 0) is 106 Å². The van der Waals surface area contributed by atoms with Crippen molar-refractivity contribution < 1.29 is 8.83 Å². The van der Waals surface area contributed by atoms with Gasteiger partial charge in [-0.25, -0.2) is 19.9 Å². The van der Waals surface area contributed by atoms with Gasteiger partial charge >= 0.3 is 0 Å². The summed E-state index contributed by atoms with van der Waals surface area (Å²) in [5, 5.41) is 7.92. The van der Waals surface area contributed by atoms with Gasteiger partial charge in [0, 0.05) is 53.1 Å². The number of hydrogen-bond acceptors (Lipinski definition) is 12. The molecule has 7 heterocycles. The van der Waals surface area contributed by atoms with E-state index in [0.29, 0.717) is 35.4 Å². The van der Waals surface area contributed by atoms with Gasteiger partial charge in [-0.15, -0.1) is 11.3 Å². The smallest absolute Gasteiger partial charge is 0.239 e. The number of guanidine groups is 2. The molecule has 4 aliphatic heterocycles. The topological polar surface area (TPSA) is 119 Å². The second kappa shape index (κ2) is 15.4. The molecule has 11 nitrogen and oxygen atoms in total. The molecule has 2 fully saturated rings. The predicted octanol–water partition coefficient (Wildman–Crippen LogP) is 11.1. The number of benzene rings is 2. The number of furan rings is 2. The summed E-state index contributed by atoms with van der Waals surface area (Å²) in [5.74, 6) is 5.25. The standard InChI is InChI=1S/C46H47N9O2S/c1-28-12-18-41(56-28)48-37-23-32(22-31-10-6-4-7-11-31)14-16-35(37)39-25-34-26-40(51-46-53-43(44-47-27-30(3)58-44)52-45(50-39)55(34)46)36-17-15-33(54-20-8-5-9-21-54)24-38(36)49-42-19-13-29(2)57-42/h12-19,23-27,31,48-49H,4-11,20-22H2,1-3H3. The Kier molecular flexibility index (Phi) is 9.64. The molecule has 5 aromatic rings. The van der Waals surface area contributed by atoms with Crippen LogP contribution in [0, 0.1) is 26.7 Å². The minimum absolute atomic E-state index is 0.491. The molecule has 1 aliphatic carbocycles. The van der Waals surface area contributed by atoms with Crippen molar-refractivity contribution in [3.8, 4) is 0 Å². The highest BCUT2D eigenvalue weighted by atomic mass is 32.1. The van der Waals surface area contributed by atoms with Gasteiger partial charge in [0.25, 0.3) is 0 Å². The van der Waals surface area contributed by atoms with Crippen molar-refractivity contribution in [1.29, 1.82) is 0 Å². The number of amidine groups is 1. The van der Waals surface area contributed by atoms with Crippen LogP contribution < -0.4 is 15.5 Å². The SMILES string of the molecule is Cc1ccc(Nc2cc(N3CCCCC3)ccc2C2=CC3=CC(c4ccc(CC5CCCCC5)cc4Nc4ccc(C)o4)=NC4=NC(c5ncc(C)s5)=NC(=N2)N34)o1. The van der Waals surface area contributed by atoms with Gasteiger partial charge in [0.2, 0.25) is 11.9 Å². The second-order valence-corrected chi connectivity index (χ2v) is 17.1. The van der Waals surface area contributed by atoms with E-state index in [1.165, 1.54) is 62.6 Å². The van der Waals surface area contributed by atoms with Crippen molar-refractivity contribution in [3.05, 3.63) is 123 Å². The molecule has 1 saturated carbocycles. The average molecular weight is 790 g/mol. The molecule has 5 aliphatic rings. The number of thiazole rings is 1. The van der Waals surface area contributed by atoms with Crippen molar-refractivity contribution in [3.63, 3.8) is 0 Å². The fourth-order valence-electron chi connectivity index (χ4n) is 8.59. The highest BCUT2D eigenvalue weighted by Crippen LogP contribution is 2.39. The Bertz CT molecular complexity index is 2570. The first-order valence-electron chi connectivity index (χ1n) is 20.6. The Balaban J connectivity index is 1.09. The Hall–Kier alpha value is -6.01. The van der Waals surface area contributed by atoms with Crippen molar-refractivity contribution in [2.24, 2.45) is 25.9 Å². The van der Waals surface area contributed by atoms with Crippen molar-refractivity contribution >= 4 is 69.3 Å². The lowest BCUT2D eigenvalue weighted by atomic mass is 9.84. The fourth-order valence-corrected chi connectivity index (χ4v) is 9.29. The lowest BCUT2D eigenvalue weighted by Crippen LogP contribution is -2.42.